The zero-order valence-electron chi connectivity index (χ0n) is 9.52. The van der Waals surface area contributed by atoms with Crippen molar-refractivity contribution in [2.75, 3.05) is 12.3 Å². The van der Waals surface area contributed by atoms with Gasteiger partial charge in [-0.25, -0.2) is 8.42 Å². The Kier molecular flexibility index (Phi) is 4.07. The van der Waals surface area contributed by atoms with Crippen LogP contribution in [-0.4, -0.2) is 26.8 Å². The van der Waals surface area contributed by atoms with E-state index in [9.17, 15) is 8.42 Å². The molecule has 3 nitrogen and oxygen atoms in total. The smallest absolute Gasteiger partial charge is 0.155 e. The third-order valence-electron chi connectivity index (χ3n) is 2.89. The van der Waals surface area contributed by atoms with E-state index in [-0.39, 0.29) is 17.5 Å². The van der Waals surface area contributed by atoms with Crippen molar-refractivity contribution in [3.05, 3.63) is 34.9 Å². The highest BCUT2D eigenvalue weighted by Gasteiger charge is 2.22. The summed E-state index contributed by atoms with van der Waals surface area (Å²) in [5.41, 5.74) is 0.760. The largest absolute Gasteiger partial charge is 0.313 e. The second kappa shape index (κ2) is 5.38. The van der Waals surface area contributed by atoms with Crippen LogP contribution in [0.1, 0.15) is 18.4 Å². The van der Waals surface area contributed by atoms with Crippen LogP contribution < -0.4 is 5.32 Å². The van der Waals surface area contributed by atoms with Crippen LogP contribution in [-0.2, 0) is 15.6 Å². The van der Waals surface area contributed by atoms with E-state index in [0.29, 0.717) is 5.02 Å². The van der Waals surface area contributed by atoms with E-state index >= 15 is 0 Å². The molecule has 1 aromatic rings. The zero-order valence-corrected chi connectivity index (χ0v) is 11.1. The molecule has 1 aliphatic rings. The summed E-state index contributed by atoms with van der Waals surface area (Å²) in [4.78, 5) is 0. The fourth-order valence-corrected chi connectivity index (χ4v) is 4.06. The van der Waals surface area contributed by atoms with Crippen molar-refractivity contribution < 1.29 is 8.42 Å². The lowest BCUT2D eigenvalue weighted by Crippen LogP contribution is -2.30. The molecule has 0 aromatic heterocycles. The van der Waals surface area contributed by atoms with Gasteiger partial charge in [-0.2, -0.15) is 0 Å². The normalized spacial score (nSPS) is 20.6. The molecule has 0 bridgehead atoms. The van der Waals surface area contributed by atoms with Gasteiger partial charge >= 0.3 is 0 Å². The van der Waals surface area contributed by atoms with Gasteiger partial charge in [-0.1, -0.05) is 23.7 Å². The van der Waals surface area contributed by atoms with Crippen LogP contribution in [0.15, 0.2) is 24.3 Å². The maximum absolute atomic E-state index is 12.0. The quantitative estimate of drug-likeness (QED) is 0.913. The minimum absolute atomic E-state index is 0.0751. The summed E-state index contributed by atoms with van der Waals surface area (Å²) in [5.74, 6) is 0.297. The van der Waals surface area contributed by atoms with Crippen molar-refractivity contribution in [1.29, 1.82) is 0 Å². The fourth-order valence-electron chi connectivity index (χ4n) is 2.15. The summed E-state index contributed by atoms with van der Waals surface area (Å²) in [6.45, 7) is 0.928. The Morgan fingerprint density at radius 3 is 2.88 bits per heavy atom. The van der Waals surface area contributed by atoms with Crippen LogP contribution in [0.5, 0.6) is 0 Å². The van der Waals surface area contributed by atoms with Gasteiger partial charge < -0.3 is 5.32 Å². The van der Waals surface area contributed by atoms with E-state index in [1.807, 2.05) is 0 Å². The molecule has 0 amide bonds. The number of hydrogen-bond donors (Lipinski definition) is 1. The van der Waals surface area contributed by atoms with Gasteiger partial charge in [-0.15, -0.1) is 0 Å². The molecule has 1 aromatic carbocycles. The molecule has 1 unspecified atom stereocenters. The van der Waals surface area contributed by atoms with Crippen molar-refractivity contribution in [3.8, 4) is 0 Å². The van der Waals surface area contributed by atoms with Gasteiger partial charge in [0.2, 0.25) is 0 Å². The van der Waals surface area contributed by atoms with Crippen molar-refractivity contribution >= 4 is 21.4 Å². The first kappa shape index (κ1) is 12.9. The lowest BCUT2D eigenvalue weighted by Gasteiger charge is -2.10. The van der Waals surface area contributed by atoms with Gasteiger partial charge in [0.15, 0.2) is 9.84 Å². The molecular weight excluding hydrogens is 258 g/mol. The molecule has 0 spiro atoms. The Morgan fingerprint density at radius 1 is 1.41 bits per heavy atom. The predicted molar refractivity (Wildman–Crippen MR) is 70.0 cm³/mol. The monoisotopic (exact) mass is 273 g/mol. The molecule has 0 saturated carbocycles. The molecule has 1 saturated heterocycles. The number of hydrogen-bond acceptors (Lipinski definition) is 3. The summed E-state index contributed by atoms with van der Waals surface area (Å²) >= 11 is 5.84. The first-order chi connectivity index (χ1) is 8.05. The molecular formula is C12H16ClNO2S. The number of halogens is 1. The van der Waals surface area contributed by atoms with Gasteiger partial charge in [-0.3, -0.25) is 0 Å². The maximum Gasteiger partial charge on any atom is 0.155 e. The van der Waals surface area contributed by atoms with E-state index in [2.05, 4.69) is 5.32 Å². The van der Waals surface area contributed by atoms with Crippen LogP contribution in [0.2, 0.25) is 5.02 Å². The molecule has 0 aliphatic carbocycles. The Morgan fingerprint density at radius 2 is 2.24 bits per heavy atom. The number of sulfone groups is 1. The van der Waals surface area contributed by atoms with Gasteiger partial charge in [0.25, 0.3) is 0 Å². The van der Waals surface area contributed by atoms with Crippen LogP contribution in [0.3, 0.4) is 0 Å². The predicted octanol–water partition coefficient (Wildman–Crippen LogP) is 2.01. The summed E-state index contributed by atoms with van der Waals surface area (Å²) in [5, 5.41) is 3.78. The van der Waals surface area contributed by atoms with E-state index < -0.39 is 9.84 Å². The Hall–Kier alpha value is -0.580. The first-order valence-electron chi connectivity index (χ1n) is 5.73. The third-order valence-corrected chi connectivity index (χ3v) is 4.81. The van der Waals surface area contributed by atoms with Crippen LogP contribution >= 0.6 is 11.6 Å². The molecule has 1 heterocycles. The Bertz CT molecular complexity index is 481. The van der Waals surface area contributed by atoms with Gasteiger partial charge in [0.05, 0.1) is 11.5 Å². The molecule has 1 atom stereocenters. The lowest BCUT2D eigenvalue weighted by molar-refractivity contribution is 0.576. The third kappa shape index (κ3) is 3.98. The minimum Gasteiger partial charge on any atom is -0.313 e. The maximum atomic E-state index is 12.0. The molecule has 1 fully saturated rings. The summed E-state index contributed by atoms with van der Waals surface area (Å²) < 4.78 is 24.0. The van der Waals surface area contributed by atoms with Crippen molar-refractivity contribution in [1.82, 2.24) is 5.32 Å². The fraction of sp³-hybridized carbons (Fsp3) is 0.500. The molecule has 0 radical (unpaired) electrons. The van der Waals surface area contributed by atoms with Crippen LogP contribution in [0.25, 0.3) is 0 Å². The van der Waals surface area contributed by atoms with E-state index in [1.54, 1.807) is 24.3 Å². The highest BCUT2D eigenvalue weighted by atomic mass is 35.5. The van der Waals surface area contributed by atoms with Gasteiger partial charge in [0.1, 0.15) is 0 Å². The van der Waals surface area contributed by atoms with E-state index in [0.717, 1.165) is 24.9 Å². The second-order valence-electron chi connectivity index (χ2n) is 4.48. The molecule has 17 heavy (non-hydrogen) atoms. The SMILES string of the molecule is O=S(=O)(Cc1cccc(Cl)c1)CC1CCCN1. The molecule has 1 N–H and O–H groups in total. The molecule has 1 aliphatic heterocycles. The second-order valence-corrected chi connectivity index (χ2v) is 7.02. The zero-order chi connectivity index (χ0) is 12.3. The molecule has 94 valence electrons. The number of rotatable bonds is 4. The summed E-state index contributed by atoms with van der Waals surface area (Å²) in [6, 6.07) is 7.16. The van der Waals surface area contributed by atoms with E-state index in [4.69, 9.17) is 11.6 Å². The van der Waals surface area contributed by atoms with Crippen molar-refractivity contribution in [3.63, 3.8) is 0 Å². The topological polar surface area (TPSA) is 46.2 Å². The first-order valence-corrected chi connectivity index (χ1v) is 7.93. The summed E-state index contributed by atoms with van der Waals surface area (Å²) in [6.07, 6.45) is 2.02. The highest BCUT2D eigenvalue weighted by Crippen LogP contribution is 2.15. The minimum atomic E-state index is -3.06. The van der Waals surface area contributed by atoms with Crippen molar-refractivity contribution in [2.24, 2.45) is 0 Å². The van der Waals surface area contributed by atoms with E-state index in [1.165, 1.54) is 0 Å². The standard InChI is InChI=1S/C12H16ClNO2S/c13-11-4-1-3-10(7-11)8-17(15,16)9-12-5-2-6-14-12/h1,3-4,7,12,14H,2,5-6,8-9H2. The van der Waals surface area contributed by atoms with Gasteiger partial charge in [-0.05, 0) is 37.1 Å². The number of nitrogens with one attached hydrogen (secondary N) is 1. The average Bonchev–Trinajstić information content (AvgIpc) is 2.68. The highest BCUT2D eigenvalue weighted by molar-refractivity contribution is 7.90. The molecule has 5 heteroatoms. The molecule has 2 rings (SSSR count). The van der Waals surface area contributed by atoms with Gasteiger partial charge in [0, 0.05) is 11.1 Å². The van der Waals surface area contributed by atoms with Crippen molar-refractivity contribution in [2.45, 2.75) is 24.6 Å². The lowest BCUT2D eigenvalue weighted by atomic mass is 10.2. The Labute approximate surface area is 107 Å². The summed E-state index contributed by atoms with van der Waals surface area (Å²) in [7, 11) is -3.06. The average molecular weight is 274 g/mol. The Balaban J connectivity index is 2.01. The van der Waals surface area contributed by atoms with Crippen LogP contribution in [0.4, 0.5) is 0 Å². The number of benzene rings is 1. The van der Waals surface area contributed by atoms with Crippen LogP contribution in [0, 0.1) is 0 Å².